The fourth-order valence-electron chi connectivity index (χ4n) is 3.12. The summed E-state index contributed by atoms with van der Waals surface area (Å²) < 4.78 is 47.6. The fourth-order valence-corrected chi connectivity index (χ4v) is 3.12. The number of amides is 1. The van der Waals surface area contributed by atoms with Crippen LogP contribution < -0.4 is 10.1 Å². The fraction of sp³-hybridized carbons (Fsp3) is 0.125. The van der Waals surface area contributed by atoms with Gasteiger partial charge in [0.05, 0.1) is 5.69 Å². The van der Waals surface area contributed by atoms with Crippen molar-refractivity contribution in [2.75, 3.05) is 5.32 Å². The van der Waals surface area contributed by atoms with Gasteiger partial charge in [-0.1, -0.05) is 30.3 Å². The van der Waals surface area contributed by atoms with Gasteiger partial charge in [-0.05, 0) is 61.0 Å². The third-order valence-electron chi connectivity index (χ3n) is 4.77. The number of hydrogen-bond donors (Lipinski definition) is 1. The molecule has 0 aliphatic carbocycles. The molecule has 10 heteroatoms. The van der Waals surface area contributed by atoms with Crippen LogP contribution in [0.15, 0.2) is 85.2 Å². The van der Waals surface area contributed by atoms with Crippen LogP contribution in [0.4, 0.5) is 23.7 Å². The third-order valence-corrected chi connectivity index (χ3v) is 4.77. The van der Waals surface area contributed by atoms with Crippen LogP contribution in [0.1, 0.15) is 18.6 Å². The van der Waals surface area contributed by atoms with E-state index < -0.39 is 18.6 Å². The zero-order chi connectivity index (χ0) is 24.1. The predicted octanol–water partition coefficient (Wildman–Crippen LogP) is 6.14. The number of rotatable bonds is 6. The summed E-state index contributed by atoms with van der Waals surface area (Å²) in [6.45, 7) is 1.79. The van der Waals surface area contributed by atoms with E-state index in [1.807, 2.05) is 30.3 Å². The van der Waals surface area contributed by atoms with Gasteiger partial charge < -0.3 is 9.47 Å². The van der Waals surface area contributed by atoms with E-state index >= 15 is 0 Å². The van der Waals surface area contributed by atoms with Crippen molar-refractivity contribution >= 4 is 11.8 Å². The Morgan fingerprint density at radius 2 is 1.65 bits per heavy atom. The Labute approximate surface area is 192 Å². The Bertz CT molecular complexity index is 1240. The van der Waals surface area contributed by atoms with Crippen molar-refractivity contribution in [2.24, 2.45) is 0 Å². The minimum absolute atomic E-state index is 0.323. The lowest BCUT2D eigenvalue weighted by atomic mass is 10.1. The summed E-state index contributed by atoms with van der Waals surface area (Å²) in [6.07, 6.45) is -4.28. The topological polar surface area (TPSA) is 78.3 Å². The number of alkyl halides is 3. The van der Waals surface area contributed by atoms with Gasteiger partial charge >= 0.3 is 12.5 Å². The van der Waals surface area contributed by atoms with Crippen molar-refractivity contribution < 1.29 is 27.4 Å². The largest absolute Gasteiger partial charge is 0.573 e. The molecule has 0 bridgehead atoms. The normalized spacial score (nSPS) is 12.1. The highest BCUT2D eigenvalue weighted by Gasteiger charge is 2.31. The molecule has 1 amide bonds. The summed E-state index contributed by atoms with van der Waals surface area (Å²) in [7, 11) is 0. The van der Waals surface area contributed by atoms with E-state index in [1.54, 1.807) is 31.2 Å². The minimum Gasteiger partial charge on any atom is -0.441 e. The molecule has 4 rings (SSSR count). The van der Waals surface area contributed by atoms with Crippen LogP contribution in [0.5, 0.6) is 5.75 Å². The Morgan fingerprint density at radius 1 is 0.971 bits per heavy atom. The molecule has 0 radical (unpaired) electrons. The van der Waals surface area contributed by atoms with Crippen molar-refractivity contribution in [1.82, 2.24) is 14.8 Å². The zero-order valence-corrected chi connectivity index (χ0v) is 17.9. The van der Waals surface area contributed by atoms with Gasteiger partial charge in [0.1, 0.15) is 18.2 Å². The van der Waals surface area contributed by atoms with E-state index in [2.05, 4.69) is 20.1 Å². The van der Waals surface area contributed by atoms with Crippen molar-refractivity contribution in [1.29, 1.82) is 0 Å². The molecule has 0 saturated heterocycles. The maximum atomic E-state index is 12.3. The number of nitrogens with one attached hydrogen (secondary N) is 1. The van der Waals surface area contributed by atoms with Crippen LogP contribution in [-0.4, -0.2) is 27.2 Å². The highest BCUT2D eigenvalue weighted by atomic mass is 19.4. The molecule has 0 spiro atoms. The van der Waals surface area contributed by atoms with Crippen LogP contribution in [-0.2, 0) is 4.74 Å². The van der Waals surface area contributed by atoms with Gasteiger partial charge in [-0.15, -0.1) is 18.3 Å². The van der Waals surface area contributed by atoms with Gasteiger partial charge in [-0.3, -0.25) is 5.32 Å². The van der Waals surface area contributed by atoms with Crippen molar-refractivity contribution in [3.05, 3.63) is 90.8 Å². The van der Waals surface area contributed by atoms with Gasteiger partial charge in [-0.25, -0.2) is 14.5 Å². The van der Waals surface area contributed by atoms with E-state index in [4.69, 9.17) is 4.74 Å². The van der Waals surface area contributed by atoms with E-state index in [-0.39, 0.29) is 5.75 Å². The average Bonchev–Trinajstić information content (AvgIpc) is 3.30. The van der Waals surface area contributed by atoms with Gasteiger partial charge in [0, 0.05) is 11.3 Å². The van der Waals surface area contributed by atoms with Crippen LogP contribution in [0.2, 0.25) is 0 Å². The first-order valence-corrected chi connectivity index (χ1v) is 10.2. The standard InChI is InChI=1S/C24H19F3N4O3/c1-16(17-5-3-2-4-6-17)33-23(32)29-19-9-7-18(8-10-19)22-28-15-31(30-22)20-11-13-21(14-12-20)34-24(25,26)27/h2-16H,1H3,(H,29,32). The Morgan fingerprint density at radius 3 is 2.29 bits per heavy atom. The van der Waals surface area contributed by atoms with E-state index in [0.29, 0.717) is 22.8 Å². The number of carbonyl (C=O) groups excluding carboxylic acids is 1. The van der Waals surface area contributed by atoms with E-state index in [1.165, 1.54) is 35.3 Å². The SMILES string of the molecule is CC(OC(=O)Nc1ccc(-c2ncn(-c3ccc(OC(F)(F)F)cc3)n2)cc1)c1ccccc1. The van der Waals surface area contributed by atoms with Crippen molar-refractivity contribution in [2.45, 2.75) is 19.4 Å². The number of anilines is 1. The molecule has 3 aromatic carbocycles. The number of nitrogens with zero attached hydrogens (tertiary/aromatic N) is 3. The average molecular weight is 468 g/mol. The second-order valence-electron chi connectivity index (χ2n) is 7.22. The number of aromatic nitrogens is 3. The van der Waals surface area contributed by atoms with Crippen molar-refractivity contribution in [3.63, 3.8) is 0 Å². The number of carbonyl (C=O) groups is 1. The second kappa shape index (κ2) is 9.65. The molecular weight excluding hydrogens is 449 g/mol. The molecule has 0 saturated carbocycles. The molecular formula is C24H19F3N4O3. The number of halogens is 3. The smallest absolute Gasteiger partial charge is 0.441 e. The van der Waals surface area contributed by atoms with Gasteiger partial charge in [-0.2, -0.15) is 0 Å². The maximum Gasteiger partial charge on any atom is 0.573 e. The number of benzene rings is 3. The number of hydrogen-bond acceptors (Lipinski definition) is 5. The van der Waals surface area contributed by atoms with Gasteiger partial charge in [0.2, 0.25) is 0 Å². The molecule has 1 atom stereocenters. The zero-order valence-electron chi connectivity index (χ0n) is 17.9. The minimum atomic E-state index is -4.75. The molecule has 7 nitrogen and oxygen atoms in total. The molecule has 0 aliphatic heterocycles. The van der Waals surface area contributed by atoms with E-state index in [0.717, 1.165) is 5.56 Å². The Kier molecular flexibility index (Phi) is 6.48. The van der Waals surface area contributed by atoms with E-state index in [9.17, 15) is 18.0 Å². The second-order valence-corrected chi connectivity index (χ2v) is 7.22. The lowest BCUT2D eigenvalue weighted by Crippen LogP contribution is -2.17. The molecule has 1 N–H and O–H groups in total. The summed E-state index contributed by atoms with van der Waals surface area (Å²) in [5.74, 6) is 0.0822. The summed E-state index contributed by atoms with van der Waals surface area (Å²) in [5, 5.41) is 7.02. The number of ether oxygens (including phenoxy) is 2. The summed E-state index contributed by atoms with van der Waals surface area (Å²) in [5.41, 5.74) is 2.63. The van der Waals surface area contributed by atoms with Crippen LogP contribution >= 0.6 is 0 Å². The molecule has 1 heterocycles. The quantitative estimate of drug-likeness (QED) is 0.368. The molecule has 34 heavy (non-hydrogen) atoms. The third kappa shape index (κ3) is 5.91. The molecule has 1 aromatic heterocycles. The Balaban J connectivity index is 1.37. The molecule has 174 valence electrons. The summed E-state index contributed by atoms with van der Waals surface area (Å²) >= 11 is 0. The van der Waals surface area contributed by atoms with Crippen molar-refractivity contribution in [3.8, 4) is 22.8 Å². The molecule has 1 unspecified atom stereocenters. The predicted molar refractivity (Wildman–Crippen MR) is 118 cm³/mol. The lowest BCUT2D eigenvalue weighted by Gasteiger charge is -2.14. The van der Waals surface area contributed by atoms with Gasteiger partial charge in [0.15, 0.2) is 5.82 Å². The first-order valence-electron chi connectivity index (χ1n) is 10.2. The van der Waals surface area contributed by atoms with Gasteiger partial charge in [0.25, 0.3) is 0 Å². The summed E-state index contributed by atoms with van der Waals surface area (Å²) in [6, 6.07) is 21.5. The van der Waals surface area contributed by atoms with Crippen LogP contribution in [0, 0.1) is 0 Å². The first-order chi connectivity index (χ1) is 16.3. The monoisotopic (exact) mass is 468 g/mol. The highest BCUT2D eigenvalue weighted by molar-refractivity contribution is 5.85. The molecule has 0 fully saturated rings. The van der Waals surface area contributed by atoms with Crippen LogP contribution in [0.25, 0.3) is 17.1 Å². The Hall–Kier alpha value is -4.34. The lowest BCUT2D eigenvalue weighted by molar-refractivity contribution is -0.274. The van der Waals surface area contributed by atoms with Crippen LogP contribution in [0.3, 0.4) is 0 Å². The highest BCUT2D eigenvalue weighted by Crippen LogP contribution is 2.24. The molecule has 4 aromatic rings. The summed E-state index contributed by atoms with van der Waals surface area (Å²) in [4.78, 5) is 16.4. The molecule has 0 aliphatic rings. The maximum absolute atomic E-state index is 12.3. The first kappa shape index (κ1) is 22.8.